The van der Waals surface area contributed by atoms with Crippen LogP contribution in [0.15, 0.2) is 90.0 Å². The molecule has 1 unspecified atom stereocenters. The topological polar surface area (TPSA) is 15.6 Å². The third kappa shape index (κ3) is 5.82. The minimum Gasteiger partial charge on any atom is -0.257 e. The Bertz CT molecular complexity index is 1100. The van der Waals surface area contributed by atoms with Gasteiger partial charge in [0.1, 0.15) is 0 Å². The van der Waals surface area contributed by atoms with Gasteiger partial charge in [-0.15, -0.1) is 0 Å². The lowest BCUT2D eigenvalue weighted by atomic mass is 9.87. The minimum atomic E-state index is 0.173. The van der Waals surface area contributed by atoms with Gasteiger partial charge in [-0.3, -0.25) is 5.01 Å². The Morgan fingerprint density at radius 3 is 2.15 bits per heavy atom. The maximum absolute atomic E-state index is 5.02. The van der Waals surface area contributed by atoms with Gasteiger partial charge in [0.2, 0.25) is 0 Å². The van der Waals surface area contributed by atoms with Crippen molar-refractivity contribution in [3.05, 3.63) is 107 Å². The molecule has 3 aromatic carbocycles. The summed E-state index contributed by atoms with van der Waals surface area (Å²) in [4.78, 5) is 0. The molecule has 0 saturated heterocycles. The molecule has 170 valence electrons. The zero-order valence-electron chi connectivity index (χ0n) is 20.6. The Morgan fingerprint density at radius 1 is 0.879 bits per heavy atom. The number of nitrogens with zero attached hydrogens (tertiary/aromatic N) is 2. The number of allylic oxidation sites excluding steroid dienone is 1. The highest BCUT2D eigenvalue weighted by atomic mass is 15.5. The van der Waals surface area contributed by atoms with Crippen LogP contribution in [0, 0.1) is 5.92 Å². The van der Waals surface area contributed by atoms with E-state index in [1.54, 1.807) is 0 Å². The second-order valence-electron chi connectivity index (χ2n) is 10.5. The van der Waals surface area contributed by atoms with Crippen LogP contribution >= 0.6 is 0 Å². The molecule has 0 aromatic heterocycles. The highest BCUT2D eigenvalue weighted by Gasteiger charge is 2.28. The second kappa shape index (κ2) is 9.79. The zero-order valence-corrected chi connectivity index (χ0v) is 20.6. The lowest BCUT2D eigenvalue weighted by molar-refractivity contribution is 0.590. The summed E-state index contributed by atoms with van der Waals surface area (Å²) in [5, 5.41) is 7.20. The van der Waals surface area contributed by atoms with Crippen LogP contribution in [0.4, 0.5) is 5.69 Å². The lowest BCUT2D eigenvalue weighted by Gasteiger charge is -2.24. The fraction of sp³-hybridized carbons (Fsp3) is 0.323. The molecule has 1 aliphatic heterocycles. The zero-order chi connectivity index (χ0) is 23.4. The first-order valence-electron chi connectivity index (χ1n) is 12.1. The summed E-state index contributed by atoms with van der Waals surface area (Å²) in [5.41, 5.74) is 7.69. The SMILES string of the molecule is CC(C)Cc1ccc(C2CC(/C=C/c3ccc(C(C)(C)C)cc3)=NN2c2ccccc2)cc1. The summed E-state index contributed by atoms with van der Waals surface area (Å²) in [5.74, 6) is 0.667. The average molecular weight is 437 g/mol. The van der Waals surface area contributed by atoms with Crippen LogP contribution in [0.3, 0.4) is 0 Å². The van der Waals surface area contributed by atoms with Gasteiger partial charge in [-0.1, -0.05) is 107 Å². The van der Waals surface area contributed by atoms with Crippen LogP contribution in [0.2, 0.25) is 0 Å². The molecule has 0 saturated carbocycles. The fourth-order valence-electron chi connectivity index (χ4n) is 4.35. The van der Waals surface area contributed by atoms with E-state index in [1.807, 2.05) is 0 Å². The lowest BCUT2D eigenvalue weighted by Crippen LogP contribution is -2.18. The molecule has 0 spiro atoms. The van der Waals surface area contributed by atoms with Gasteiger partial charge in [-0.25, -0.2) is 0 Å². The summed E-state index contributed by atoms with van der Waals surface area (Å²) < 4.78 is 0. The van der Waals surface area contributed by atoms with Crippen molar-refractivity contribution in [2.75, 3.05) is 5.01 Å². The summed E-state index contributed by atoms with van der Waals surface area (Å²) in [6, 6.07) is 28.7. The molecular weight excluding hydrogens is 400 g/mol. The summed E-state index contributed by atoms with van der Waals surface area (Å²) in [6.07, 6.45) is 6.37. The first-order valence-corrected chi connectivity index (χ1v) is 12.1. The van der Waals surface area contributed by atoms with E-state index in [4.69, 9.17) is 5.10 Å². The Morgan fingerprint density at radius 2 is 1.55 bits per heavy atom. The van der Waals surface area contributed by atoms with Gasteiger partial charge in [0.25, 0.3) is 0 Å². The predicted octanol–water partition coefficient (Wildman–Crippen LogP) is 8.20. The van der Waals surface area contributed by atoms with Crippen LogP contribution in [0.5, 0.6) is 0 Å². The molecule has 1 atom stereocenters. The number of hydrazone groups is 1. The largest absolute Gasteiger partial charge is 0.257 e. The third-order valence-electron chi connectivity index (χ3n) is 6.21. The number of para-hydroxylation sites is 1. The molecule has 0 bridgehead atoms. The highest BCUT2D eigenvalue weighted by molar-refractivity contribution is 6.01. The Balaban J connectivity index is 1.56. The monoisotopic (exact) mass is 436 g/mol. The number of anilines is 1. The van der Waals surface area contributed by atoms with Crippen molar-refractivity contribution in [2.24, 2.45) is 11.0 Å². The molecule has 2 nitrogen and oxygen atoms in total. The van der Waals surface area contributed by atoms with E-state index in [9.17, 15) is 0 Å². The first kappa shape index (κ1) is 23.0. The number of benzene rings is 3. The number of hydrogen-bond donors (Lipinski definition) is 0. The van der Waals surface area contributed by atoms with E-state index in [1.165, 1.54) is 22.3 Å². The van der Waals surface area contributed by atoms with Gasteiger partial charge in [-0.05, 0) is 58.2 Å². The normalized spacial score (nSPS) is 16.6. The van der Waals surface area contributed by atoms with E-state index in [2.05, 4.69) is 131 Å². The van der Waals surface area contributed by atoms with Crippen molar-refractivity contribution in [2.45, 2.75) is 58.9 Å². The molecule has 0 radical (unpaired) electrons. The van der Waals surface area contributed by atoms with Crippen LogP contribution in [0.25, 0.3) is 6.08 Å². The Hall–Kier alpha value is -3.13. The van der Waals surface area contributed by atoms with Crippen molar-refractivity contribution in [3.63, 3.8) is 0 Å². The maximum Gasteiger partial charge on any atom is 0.0831 e. The van der Waals surface area contributed by atoms with Gasteiger partial charge >= 0.3 is 0 Å². The predicted molar refractivity (Wildman–Crippen MR) is 143 cm³/mol. The minimum absolute atomic E-state index is 0.173. The second-order valence-corrected chi connectivity index (χ2v) is 10.5. The van der Waals surface area contributed by atoms with Crippen LogP contribution < -0.4 is 5.01 Å². The van der Waals surface area contributed by atoms with E-state index < -0.39 is 0 Å². The van der Waals surface area contributed by atoms with Crippen LogP contribution in [-0.2, 0) is 11.8 Å². The molecule has 33 heavy (non-hydrogen) atoms. The van der Waals surface area contributed by atoms with Crippen molar-refractivity contribution < 1.29 is 0 Å². The number of rotatable bonds is 6. The molecular formula is C31H36N2. The summed E-state index contributed by atoms with van der Waals surface area (Å²) in [6.45, 7) is 11.3. The smallest absolute Gasteiger partial charge is 0.0831 e. The van der Waals surface area contributed by atoms with Gasteiger partial charge in [0.15, 0.2) is 0 Å². The standard InChI is InChI=1S/C31H36N2/c1-23(2)21-25-11-16-26(17-12-25)30-22-28(32-33(30)29-9-7-6-8-10-29)20-15-24-13-18-27(19-14-24)31(3,4)5/h6-20,23,30H,21-22H2,1-5H3/b20-15+. The average Bonchev–Trinajstić information content (AvgIpc) is 3.22. The Kier molecular flexibility index (Phi) is 6.83. The van der Waals surface area contributed by atoms with Gasteiger partial charge in [0, 0.05) is 6.42 Å². The summed E-state index contributed by atoms with van der Waals surface area (Å²) >= 11 is 0. The van der Waals surface area contributed by atoms with E-state index in [-0.39, 0.29) is 11.5 Å². The quantitative estimate of drug-likeness (QED) is 0.380. The van der Waals surface area contributed by atoms with Gasteiger partial charge < -0.3 is 0 Å². The molecule has 3 aromatic rings. The van der Waals surface area contributed by atoms with Gasteiger partial charge in [-0.2, -0.15) is 5.10 Å². The number of hydrogen-bond acceptors (Lipinski definition) is 2. The fourth-order valence-corrected chi connectivity index (χ4v) is 4.35. The summed E-state index contributed by atoms with van der Waals surface area (Å²) in [7, 11) is 0. The molecule has 0 aliphatic carbocycles. The molecule has 2 heteroatoms. The molecule has 4 rings (SSSR count). The molecule has 0 fully saturated rings. The Labute approximate surface area is 199 Å². The molecule has 1 aliphatic rings. The molecule has 1 heterocycles. The van der Waals surface area contributed by atoms with E-state index in [0.29, 0.717) is 5.92 Å². The van der Waals surface area contributed by atoms with Crippen molar-refractivity contribution in [1.29, 1.82) is 0 Å². The highest BCUT2D eigenvalue weighted by Crippen LogP contribution is 2.35. The van der Waals surface area contributed by atoms with E-state index in [0.717, 1.165) is 24.2 Å². The van der Waals surface area contributed by atoms with Crippen LogP contribution in [-0.4, -0.2) is 5.71 Å². The van der Waals surface area contributed by atoms with Crippen molar-refractivity contribution in [1.82, 2.24) is 0 Å². The van der Waals surface area contributed by atoms with Gasteiger partial charge in [0.05, 0.1) is 17.4 Å². The van der Waals surface area contributed by atoms with E-state index >= 15 is 0 Å². The molecule has 0 amide bonds. The van der Waals surface area contributed by atoms with Crippen molar-refractivity contribution in [3.8, 4) is 0 Å². The third-order valence-corrected chi connectivity index (χ3v) is 6.21. The maximum atomic E-state index is 5.02. The van der Waals surface area contributed by atoms with Crippen molar-refractivity contribution >= 4 is 17.5 Å². The first-order chi connectivity index (χ1) is 15.8. The molecule has 0 N–H and O–H groups in total. The van der Waals surface area contributed by atoms with Crippen LogP contribution in [0.1, 0.15) is 69.3 Å².